The monoisotopic (exact) mass is 298 g/mol. The Morgan fingerprint density at radius 3 is 2.47 bits per heavy atom. The molecule has 1 saturated carbocycles. The molecule has 2 heteroatoms. The van der Waals surface area contributed by atoms with Crippen LogP contribution in [0.15, 0.2) is 18.2 Å². The Kier molecular flexibility index (Phi) is 4.24. The quantitative estimate of drug-likeness (QED) is 0.642. The van der Waals surface area contributed by atoms with Crippen LogP contribution in [0.2, 0.25) is 0 Å². The fraction of sp³-hybridized carbons (Fsp3) is 0.600. The second-order valence-corrected chi connectivity index (χ2v) is 6.42. The van der Waals surface area contributed by atoms with Crippen molar-refractivity contribution in [3.05, 3.63) is 35.1 Å². The molecule has 1 fully saturated rings. The van der Waals surface area contributed by atoms with Crippen molar-refractivity contribution in [3.8, 4) is 0 Å². The third-order valence-electron chi connectivity index (χ3n) is 3.97. The van der Waals surface area contributed by atoms with E-state index >= 15 is 0 Å². The van der Waals surface area contributed by atoms with E-state index in [1.165, 1.54) is 31.2 Å². The van der Waals surface area contributed by atoms with E-state index in [1.807, 2.05) is 19.1 Å². The second-order valence-electron chi connectivity index (χ2n) is 5.43. The van der Waals surface area contributed by atoms with Crippen LogP contribution in [-0.2, 0) is 0 Å². The average Bonchev–Trinajstić information content (AvgIpc) is 2.33. The zero-order chi connectivity index (χ0) is 12.4. The van der Waals surface area contributed by atoms with Crippen LogP contribution in [0.1, 0.15) is 48.6 Å². The zero-order valence-corrected chi connectivity index (χ0v) is 12.1. The lowest BCUT2D eigenvalue weighted by atomic mass is 9.80. The van der Waals surface area contributed by atoms with Crippen molar-refractivity contribution in [2.45, 2.75) is 44.4 Å². The van der Waals surface area contributed by atoms with E-state index in [1.54, 1.807) is 6.07 Å². The summed E-state index contributed by atoms with van der Waals surface area (Å²) in [6, 6.07) is 5.48. The van der Waals surface area contributed by atoms with Gasteiger partial charge in [0.05, 0.1) is 0 Å². The minimum atomic E-state index is -0.106. The van der Waals surface area contributed by atoms with E-state index in [0.29, 0.717) is 10.7 Å². The van der Waals surface area contributed by atoms with Gasteiger partial charge in [-0.3, -0.25) is 0 Å². The first kappa shape index (κ1) is 13.1. The van der Waals surface area contributed by atoms with E-state index < -0.39 is 0 Å². The van der Waals surface area contributed by atoms with Gasteiger partial charge in [0.1, 0.15) is 5.82 Å². The van der Waals surface area contributed by atoms with Gasteiger partial charge in [-0.2, -0.15) is 0 Å². The maximum atomic E-state index is 13.2. The lowest BCUT2D eigenvalue weighted by Gasteiger charge is -2.30. The first-order valence-electron chi connectivity index (χ1n) is 6.48. The van der Waals surface area contributed by atoms with Crippen molar-refractivity contribution in [2.75, 3.05) is 0 Å². The molecule has 1 atom stereocenters. The molecule has 0 aromatic heterocycles. The average molecular weight is 299 g/mol. The molecular formula is C15H20BrF. The molecule has 2 rings (SSSR count). The minimum Gasteiger partial charge on any atom is -0.207 e. The molecule has 0 nitrogen and oxygen atoms in total. The number of alkyl halides is 1. The number of halogens is 2. The fourth-order valence-corrected chi connectivity index (χ4v) is 3.50. The van der Waals surface area contributed by atoms with Crippen LogP contribution in [0.3, 0.4) is 0 Å². The Morgan fingerprint density at radius 2 is 1.88 bits per heavy atom. The van der Waals surface area contributed by atoms with E-state index in [-0.39, 0.29) is 5.82 Å². The van der Waals surface area contributed by atoms with Crippen molar-refractivity contribution in [1.29, 1.82) is 0 Å². The van der Waals surface area contributed by atoms with Crippen LogP contribution < -0.4 is 0 Å². The molecule has 1 aromatic rings. The van der Waals surface area contributed by atoms with Gasteiger partial charge in [-0.05, 0) is 48.8 Å². The molecular weight excluding hydrogens is 279 g/mol. The SMILES string of the molecule is Cc1cc(C(Br)C2CCC(C)CC2)ccc1F. The number of aryl methyl sites for hydroxylation is 1. The Bertz CT molecular complexity index is 381. The smallest absolute Gasteiger partial charge is 0.126 e. The molecule has 17 heavy (non-hydrogen) atoms. The van der Waals surface area contributed by atoms with Gasteiger partial charge >= 0.3 is 0 Å². The van der Waals surface area contributed by atoms with Gasteiger partial charge < -0.3 is 0 Å². The molecule has 0 N–H and O–H groups in total. The van der Waals surface area contributed by atoms with Crippen molar-refractivity contribution in [1.82, 2.24) is 0 Å². The molecule has 1 unspecified atom stereocenters. The van der Waals surface area contributed by atoms with Crippen LogP contribution in [0.4, 0.5) is 4.39 Å². The number of benzene rings is 1. The third kappa shape index (κ3) is 3.09. The van der Waals surface area contributed by atoms with E-state index in [4.69, 9.17) is 0 Å². The summed E-state index contributed by atoms with van der Waals surface area (Å²) in [6.45, 7) is 4.17. The first-order chi connectivity index (χ1) is 8.08. The molecule has 0 amide bonds. The zero-order valence-electron chi connectivity index (χ0n) is 10.5. The van der Waals surface area contributed by atoms with E-state index in [2.05, 4.69) is 22.9 Å². The standard InChI is InChI=1S/C15H20BrF/c1-10-3-5-12(6-4-10)15(16)13-7-8-14(17)11(2)9-13/h7-10,12,15H,3-6H2,1-2H3. The fourth-order valence-electron chi connectivity index (χ4n) is 2.69. The maximum Gasteiger partial charge on any atom is 0.126 e. The van der Waals surface area contributed by atoms with Crippen LogP contribution in [0.5, 0.6) is 0 Å². The summed E-state index contributed by atoms with van der Waals surface area (Å²) in [5, 5.41) is 0. The van der Waals surface area contributed by atoms with Gasteiger partial charge in [0.2, 0.25) is 0 Å². The van der Waals surface area contributed by atoms with Crippen LogP contribution in [0.25, 0.3) is 0 Å². The molecule has 0 bridgehead atoms. The molecule has 1 aliphatic carbocycles. The number of hydrogen-bond acceptors (Lipinski definition) is 0. The highest BCUT2D eigenvalue weighted by molar-refractivity contribution is 9.09. The van der Waals surface area contributed by atoms with E-state index in [0.717, 1.165) is 11.5 Å². The summed E-state index contributed by atoms with van der Waals surface area (Å²) in [5.74, 6) is 1.47. The molecule has 1 aromatic carbocycles. The first-order valence-corrected chi connectivity index (χ1v) is 7.39. The lowest BCUT2D eigenvalue weighted by Crippen LogP contribution is -2.16. The molecule has 1 aliphatic rings. The maximum absolute atomic E-state index is 13.2. The summed E-state index contributed by atoms with van der Waals surface area (Å²) in [6.07, 6.45) is 5.22. The van der Waals surface area contributed by atoms with Crippen LogP contribution >= 0.6 is 15.9 Å². The Labute approximate surface area is 112 Å². The topological polar surface area (TPSA) is 0 Å². The van der Waals surface area contributed by atoms with Crippen molar-refractivity contribution in [2.24, 2.45) is 11.8 Å². The summed E-state index contributed by atoms with van der Waals surface area (Å²) in [4.78, 5) is 0.384. The van der Waals surface area contributed by atoms with Gasteiger partial charge in [-0.25, -0.2) is 4.39 Å². The summed E-state index contributed by atoms with van der Waals surface area (Å²) in [7, 11) is 0. The molecule has 94 valence electrons. The van der Waals surface area contributed by atoms with Gasteiger partial charge in [0, 0.05) is 4.83 Å². The highest BCUT2D eigenvalue weighted by atomic mass is 79.9. The molecule has 0 heterocycles. The van der Waals surface area contributed by atoms with E-state index in [9.17, 15) is 4.39 Å². The van der Waals surface area contributed by atoms with Gasteiger partial charge in [-0.15, -0.1) is 0 Å². The summed E-state index contributed by atoms with van der Waals surface area (Å²) in [5.41, 5.74) is 1.97. The molecule has 0 aliphatic heterocycles. The van der Waals surface area contributed by atoms with Crippen molar-refractivity contribution < 1.29 is 4.39 Å². The highest BCUT2D eigenvalue weighted by Crippen LogP contribution is 2.41. The third-order valence-corrected chi connectivity index (χ3v) is 5.25. The largest absolute Gasteiger partial charge is 0.207 e. The van der Waals surface area contributed by atoms with Gasteiger partial charge in [0.15, 0.2) is 0 Å². The van der Waals surface area contributed by atoms with Crippen LogP contribution in [-0.4, -0.2) is 0 Å². The Hall–Kier alpha value is -0.370. The second kappa shape index (κ2) is 5.51. The lowest BCUT2D eigenvalue weighted by molar-refractivity contribution is 0.287. The summed E-state index contributed by atoms with van der Waals surface area (Å²) >= 11 is 3.80. The predicted octanol–water partition coefficient (Wildman–Crippen LogP) is 5.40. The normalized spacial score (nSPS) is 26.8. The molecule has 0 spiro atoms. The van der Waals surface area contributed by atoms with Crippen molar-refractivity contribution >= 4 is 15.9 Å². The summed E-state index contributed by atoms with van der Waals surface area (Å²) < 4.78 is 13.2. The Balaban J connectivity index is 2.08. The van der Waals surface area contributed by atoms with Crippen LogP contribution in [0, 0.1) is 24.6 Å². The minimum absolute atomic E-state index is 0.106. The number of rotatable bonds is 2. The molecule has 0 saturated heterocycles. The van der Waals surface area contributed by atoms with Gasteiger partial charge in [0.25, 0.3) is 0 Å². The predicted molar refractivity (Wildman–Crippen MR) is 73.9 cm³/mol. The number of hydrogen-bond donors (Lipinski definition) is 0. The molecule has 0 radical (unpaired) electrons. The highest BCUT2D eigenvalue weighted by Gasteiger charge is 2.25. The van der Waals surface area contributed by atoms with Crippen molar-refractivity contribution in [3.63, 3.8) is 0 Å². The Morgan fingerprint density at radius 1 is 1.24 bits per heavy atom. The van der Waals surface area contributed by atoms with Gasteiger partial charge in [-0.1, -0.05) is 47.8 Å².